The van der Waals surface area contributed by atoms with Crippen LogP contribution in [0.15, 0.2) is 78.9 Å². The molecule has 1 unspecified atom stereocenters. The Morgan fingerprint density at radius 2 is 1.59 bits per heavy atom. The van der Waals surface area contributed by atoms with E-state index in [-0.39, 0.29) is 17.5 Å². The van der Waals surface area contributed by atoms with Crippen LogP contribution in [0.1, 0.15) is 28.3 Å². The van der Waals surface area contributed by atoms with Gasteiger partial charge in [0.15, 0.2) is 0 Å². The van der Waals surface area contributed by atoms with Gasteiger partial charge in [-0.15, -0.1) is 0 Å². The Kier molecular flexibility index (Phi) is 4.47. The Morgan fingerprint density at radius 3 is 2.30 bits per heavy atom. The van der Waals surface area contributed by atoms with Gasteiger partial charge in [-0.25, -0.2) is 0 Å². The molecule has 0 aromatic heterocycles. The summed E-state index contributed by atoms with van der Waals surface area (Å²) in [5, 5.41) is 11.5. The third kappa shape index (κ3) is 3.34. The van der Waals surface area contributed by atoms with Crippen LogP contribution in [0.5, 0.6) is 0 Å². The number of nitrogens with zero attached hydrogens (tertiary/aromatic N) is 2. The van der Waals surface area contributed by atoms with E-state index in [9.17, 15) is 10.1 Å². The minimum atomic E-state index is -0.362. The average molecular weight is 356 g/mol. The first-order chi connectivity index (χ1) is 13.1. The molecule has 0 aliphatic carbocycles. The van der Waals surface area contributed by atoms with Gasteiger partial charge in [0.2, 0.25) is 6.54 Å². The molecule has 1 aliphatic rings. The lowest BCUT2D eigenvalue weighted by molar-refractivity contribution is -0.483. The van der Waals surface area contributed by atoms with Crippen LogP contribution in [0.2, 0.25) is 0 Å². The van der Waals surface area contributed by atoms with Crippen molar-refractivity contribution < 1.29 is 4.92 Å². The number of hydrogen-bond donors (Lipinski definition) is 0. The lowest BCUT2D eigenvalue weighted by atomic mass is 9.91. The van der Waals surface area contributed by atoms with E-state index in [2.05, 4.69) is 11.0 Å². The fraction of sp³-hybridized carbons (Fsp3) is 0.130. The van der Waals surface area contributed by atoms with E-state index in [4.69, 9.17) is 0 Å². The maximum absolute atomic E-state index is 11.5. The molecule has 0 saturated heterocycles. The molecule has 27 heavy (non-hydrogen) atoms. The molecule has 0 amide bonds. The minimum absolute atomic E-state index is 0.158. The lowest BCUT2D eigenvalue weighted by Crippen LogP contribution is -2.34. The molecule has 3 aromatic carbocycles. The van der Waals surface area contributed by atoms with Crippen LogP contribution >= 0.6 is 0 Å². The molecule has 0 saturated carbocycles. The third-order valence-electron chi connectivity index (χ3n) is 4.92. The fourth-order valence-corrected chi connectivity index (χ4v) is 3.65. The molecule has 4 rings (SSSR count). The van der Waals surface area contributed by atoms with Gasteiger partial charge in [0.05, 0.1) is 0 Å². The van der Waals surface area contributed by atoms with Crippen LogP contribution in [0.4, 0.5) is 5.69 Å². The highest BCUT2D eigenvalue weighted by atomic mass is 16.6. The van der Waals surface area contributed by atoms with Crippen LogP contribution in [0.3, 0.4) is 0 Å². The summed E-state index contributed by atoms with van der Waals surface area (Å²) in [6.45, 7) is 1.88. The van der Waals surface area contributed by atoms with Crippen molar-refractivity contribution >= 4 is 17.5 Å². The third-order valence-corrected chi connectivity index (χ3v) is 4.92. The molecule has 0 fully saturated rings. The summed E-state index contributed by atoms with van der Waals surface area (Å²) in [5.74, 6) is 0. The largest absolute Gasteiger partial charge is 0.327 e. The number of hydrogen-bond acceptors (Lipinski definition) is 3. The summed E-state index contributed by atoms with van der Waals surface area (Å²) < 4.78 is 0. The molecular weight excluding hydrogens is 336 g/mol. The number of nitro groups is 1. The van der Waals surface area contributed by atoms with Gasteiger partial charge in [0.25, 0.3) is 0 Å². The number of benzene rings is 3. The molecular formula is C23H20N2O2. The van der Waals surface area contributed by atoms with Gasteiger partial charge in [-0.2, -0.15) is 0 Å². The Hall–Kier alpha value is -3.40. The quantitative estimate of drug-likeness (QED) is 0.469. The van der Waals surface area contributed by atoms with Crippen LogP contribution < -0.4 is 4.90 Å². The van der Waals surface area contributed by atoms with Crippen LogP contribution in [0, 0.1) is 17.0 Å². The van der Waals surface area contributed by atoms with Gasteiger partial charge in [-0.05, 0) is 41.8 Å². The van der Waals surface area contributed by atoms with E-state index in [1.54, 1.807) is 0 Å². The van der Waals surface area contributed by atoms with Gasteiger partial charge < -0.3 is 4.90 Å². The van der Waals surface area contributed by atoms with E-state index in [0.29, 0.717) is 0 Å². The fourth-order valence-electron chi connectivity index (χ4n) is 3.65. The highest BCUT2D eigenvalue weighted by Gasteiger charge is 2.33. The SMILES string of the molecule is Cc1ccc(N2C(c3ccccc3)=Cc3ccccc3C2C[N+](=O)[O-])cc1. The molecule has 1 heterocycles. The molecule has 134 valence electrons. The van der Waals surface area contributed by atoms with Crippen molar-refractivity contribution in [1.29, 1.82) is 0 Å². The highest BCUT2D eigenvalue weighted by molar-refractivity contribution is 5.93. The van der Waals surface area contributed by atoms with Gasteiger partial charge in [0.1, 0.15) is 6.04 Å². The van der Waals surface area contributed by atoms with Crippen molar-refractivity contribution in [3.8, 4) is 0 Å². The van der Waals surface area contributed by atoms with Crippen molar-refractivity contribution in [3.05, 3.63) is 111 Å². The Morgan fingerprint density at radius 1 is 0.926 bits per heavy atom. The Bertz CT molecular complexity index is 994. The molecule has 0 spiro atoms. The number of aryl methyl sites for hydroxylation is 1. The Labute approximate surface area is 158 Å². The lowest BCUT2D eigenvalue weighted by Gasteiger charge is -2.38. The second-order valence-electron chi connectivity index (χ2n) is 6.76. The van der Waals surface area contributed by atoms with Gasteiger partial charge in [-0.3, -0.25) is 10.1 Å². The molecule has 3 aromatic rings. The van der Waals surface area contributed by atoms with Gasteiger partial charge >= 0.3 is 0 Å². The van der Waals surface area contributed by atoms with Gasteiger partial charge in [0, 0.05) is 16.3 Å². The molecule has 0 N–H and O–H groups in total. The van der Waals surface area contributed by atoms with Crippen LogP contribution in [-0.2, 0) is 0 Å². The predicted molar refractivity (Wildman–Crippen MR) is 109 cm³/mol. The Balaban J connectivity index is 1.94. The first-order valence-corrected chi connectivity index (χ1v) is 8.97. The molecule has 1 aliphatic heterocycles. The van der Waals surface area contributed by atoms with E-state index in [0.717, 1.165) is 33.6 Å². The zero-order valence-electron chi connectivity index (χ0n) is 15.1. The number of anilines is 1. The highest BCUT2D eigenvalue weighted by Crippen LogP contribution is 2.41. The number of fused-ring (bicyclic) bond motifs is 1. The topological polar surface area (TPSA) is 46.4 Å². The number of rotatable bonds is 4. The summed E-state index contributed by atoms with van der Waals surface area (Å²) >= 11 is 0. The predicted octanol–water partition coefficient (Wildman–Crippen LogP) is 5.33. The van der Waals surface area contributed by atoms with E-state index < -0.39 is 0 Å². The molecule has 4 heteroatoms. The first kappa shape index (κ1) is 17.0. The van der Waals surface area contributed by atoms with Crippen molar-refractivity contribution in [3.63, 3.8) is 0 Å². The standard InChI is InChI=1S/C23H20N2O2/c1-17-11-13-20(14-12-17)25-22(18-7-3-2-4-8-18)15-19-9-5-6-10-21(19)23(25)16-24(26)27/h2-15,23H,16H2,1H3. The maximum Gasteiger partial charge on any atom is 0.228 e. The zero-order valence-corrected chi connectivity index (χ0v) is 15.1. The average Bonchev–Trinajstić information content (AvgIpc) is 2.69. The summed E-state index contributed by atoms with van der Waals surface area (Å²) in [4.78, 5) is 13.4. The minimum Gasteiger partial charge on any atom is -0.327 e. The van der Waals surface area contributed by atoms with Crippen molar-refractivity contribution in [2.75, 3.05) is 11.4 Å². The summed E-state index contributed by atoms with van der Waals surface area (Å²) in [6.07, 6.45) is 2.13. The maximum atomic E-state index is 11.5. The van der Waals surface area contributed by atoms with E-state index in [1.807, 2.05) is 85.8 Å². The van der Waals surface area contributed by atoms with Crippen molar-refractivity contribution in [2.24, 2.45) is 0 Å². The molecule has 4 nitrogen and oxygen atoms in total. The molecule has 0 bridgehead atoms. The second-order valence-corrected chi connectivity index (χ2v) is 6.76. The van der Waals surface area contributed by atoms with E-state index in [1.165, 1.54) is 0 Å². The normalized spacial score (nSPS) is 15.8. The zero-order chi connectivity index (χ0) is 18.8. The van der Waals surface area contributed by atoms with E-state index >= 15 is 0 Å². The van der Waals surface area contributed by atoms with Gasteiger partial charge in [-0.1, -0.05) is 72.3 Å². The van der Waals surface area contributed by atoms with Crippen molar-refractivity contribution in [1.82, 2.24) is 0 Å². The molecule has 1 atom stereocenters. The van der Waals surface area contributed by atoms with Crippen LogP contribution in [0.25, 0.3) is 11.8 Å². The van der Waals surface area contributed by atoms with Crippen molar-refractivity contribution in [2.45, 2.75) is 13.0 Å². The summed E-state index contributed by atoms with van der Waals surface area (Å²) in [6, 6.07) is 25.8. The molecule has 0 radical (unpaired) electrons. The summed E-state index contributed by atoms with van der Waals surface area (Å²) in [5.41, 5.74) is 6.15. The summed E-state index contributed by atoms with van der Waals surface area (Å²) in [7, 11) is 0. The monoisotopic (exact) mass is 356 g/mol. The smallest absolute Gasteiger partial charge is 0.228 e. The first-order valence-electron chi connectivity index (χ1n) is 8.97. The van der Waals surface area contributed by atoms with Crippen LogP contribution in [-0.4, -0.2) is 11.5 Å². The second kappa shape index (κ2) is 7.08.